The average Bonchev–Trinajstić information content (AvgIpc) is 3.15. The van der Waals surface area contributed by atoms with Crippen LogP contribution in [-0.2, 0) is 24.4 Å². The topological polar surface area (TPSA) is 101 Å². The number of aryl methyl sites for hydroxylation is 2. The predicted octanol–water partition coefficient (Wildman–Crippen LogP) is 4.74. The molecule has 182 valence electrons. The first-order chi connectivity index (χ1) is 16.8. The Bertz CT molecular complexity index is 1380. The van der Waals surface area contributed by atoms with E-state index in [0.29, 0.717) is 40.7 Å². The molecule has 0 saturated heterocycles. The van der Waals surface area contributed by atoms with Crippen molar-refractivity contribution in [1.82, 2.24) is 20.0 Å². The summed E-state index contributed by atoms with van der Waals surface area (Å²) in [5.41, 5.74) is 2.87. The second-order valence-electron chi connectivity index (χ2n) is 8.40. The summed E-state index contributed by atoms with van der Waals surface area (Å²) in [7, 11) is 0. The number of benzene rings is 2. The van der Waals surface area contributed by atoms with E-state index in [1.807, 2.05) is 45.0 Å². The highest BCUT2D eigenvalue weighted by Gasteiger charge is 2.16. The van der Waals surface area contributed by atoms with E-state index in [0.717, 1.165) is 29.0 Å². The van der Waals surface area contributed by atoms with Gasteiger partial charge in [-0.25, -0.2) is 4.98 Å². The molecule has 0 aliphatic carbocycles. The summed E-state index contributed by atoms with van der Waals surface area (Å²) >= 11 is 6.06. The molecule has 4 aromatic rings. The second-order valence-corrected chi connectivity index (χ2v) is 8.84. The van der Waals surface area contributed by atoms with Crippen molar-refractivity contribution in [3.63, 3.8) is 0 Å². The number of nitrogens with zero attached hydrogens (tertiary/aromatic N) is 3. The van der Waals surface area contributed by atoms with E-state index in [2.05, 4.69) is 15.1 Å². The number of halogens is 1. The molecule has 8 nitrogen and oxygen atoms in total. The van der Waals surface area contributed by atoms with Crippen molar-refractivity contribution in [2.24, 2.45) is 0 Å². The Morgan fingerprint density at radius 3 is 2.63 bits per heavy atom. The summed E-state index contributed by atoms with van der Waals surface area (Å²) in [6.45, 7) is 6.86. The summed E-state index contributed by atoms with van der Waals surface area (Å²) in [6.07, 6.45) is 1.01. The molecule has 0 aliphatic heterocycles. The van der Waals surface area contributed by atoms with Crippen LogP contribution in [0, 0.1) is 13.8 Å². The number of hydrogen-bond donors (Lipinski definition) is 1. The lowest BCUT2D eigenvalue weighted by atomic mass is 10.1. The molecule has 2 aromatic carbocycles. The normalized spacial score (nSPS) is 11.1. The highest BCUT2D eigenvalue weighted by Crippen LogP contribution is 2.19. The van der Waals surface area contributed by atoms with Crippen LogP contribution in [0.3, 0.4) is 0 Å². The lowest BCUT2D eigenvalue weighted by Crippen LogP contribution is -2.34. The molecular formula is C26H27ClN4O4. The lowest BCUT2D eigenvalue weighted by Gasteiger charge is -2.22. The van der Waals surface area contributed by atoms with Gasteiger partial charge in [0.05, 0.1) is 35.1 Å². The molecule has 4 rings (SSSR count). The van der Waals surface area contributed by atoms with Gasteiger partial charge in [0.25, 0.3) is 5.56 Å². The van der Waals surface area contributed by atoms with Crippen LogP contribution in [0.2, 0.25) is 5.02 Å². The van der Waals surface area contributed by atoms with Gasteiger partial charge in [-0.3, -0.25) is 9.59 Å². The number of amides is 1. The predicted molar refractivity (Wildman–Crippen MR) is 134 cm³/mol. The van der Waals surface area contributed by atoms with Crippen molar-refractivity contribution in [3.8, 4) is 5.75 Å². The SMILES string of the molecule is CCCN(Cc1nc2cc(Cl)ccc2c(=O)[nH]1)C(=O)Cc1ccc(OCc2c(C)noc2C)cc1. The first kappa shape index (κ1) is 24.5. The van der Waals surface area contributed by atoms with Crippen molar-refractivity contribution in [2.45, 2.75) is 46.8 Å². The summed E-state index contributed by atoms with van der Waals surface area (Å²) < 4.78 is 11.0. The first-order valence-corrected chi connectivity index (χ1v) is 11.8. The van der Waals surface area contributed by atoms with E-state index >= 15 is 0 Å². The Morgan fingerprint density at radius 2 is 1.94 bits per heavy atom. The van der Waals surface area contributed by atoms with E-state index < -0.39 is 0 Å². The van der Waals surface area contributed by atoms with Crippen LogP contribution < -0.4 is 10.3 Å². The maximum atomic E-state index is 13.1. The summed E-state index contributed by atoms with van der Waals surface area (Å²) in [4.78, 5) is 34.5. The van der Waals surface area contributed by atoms with Gasteiger partial charge in [0.15, 0.2) is 0 Å². The molecule has 0 bridgehead atoms. The minimum Gasteiger partial charge on any atom is -0.489 e. The van der Waals surface area contributed by atoms with Crippen LogP contribution in [0.5, 0.6) is 5.75 Å². The molecule has 0 aliphatic rings. The number of fused-ring (bicyclic) bond motifs is 1. The quantitative estimate of drug-likeness (QED) is 0.360. The van der Waals surface area contributed by atoms with E-state index in [4.69, 9.17) is 20.9 Å². The molecule has 2 aromatic heterocycles. The van der Waals surface area contributed by atoms with E-state index in [1.54, 1.807) is 23.1 Å². The van der Waals surface area contributed by atoms with Crippen LogP contribution in [0.1, 0.15) is 41.8 Å². The van der Waals surface area contributed by atoms with Crippen LogP contribution in [0.4, 0.5) is 0 Å². The number of ether oxygens (including phenoxy) is 1. The van der Waals surface area contributed by atoms with Crippen LogP contribution >= 0.6 is 11.6 Å². The van der Waals surface area contributed by atoms with E-state index in [1.165, 1.54) is 0 Å². The summed E-state index contributed by atoms with van der Waals surface area (Å²) in [6, 6.07) is 12.4. The van der Waals surface area contributed by atoms with Gasteiger partial charge < -0.3 is 19.1 Å². The van der Waals surface area contributed by atoms with Gasteiger partial charge in [-0.2, -0.15) is 0 Å². The lowest BCUT2D eigenvalue weighted by molar-refractivity contribution is -0.131. The summed E-state index contributed by atoms with van der Waals surface area (Å²) in [5.74, 6) is 1.81. The monoisotopic (exact) mass is 494 g/mol. The zero-order valence-electron chi connectivity index (χ0n) is 19.9. The molecule has 35 heavy (non-hydrogen) atoms. The Morgan fingerprint density at radius 1 is 1.17 bits per heavy atom. The van der Waals surface area contributed by atoms with Gasteiger partial charge in [-0.15, -0.1) is 0 Å². The third kappa shape index (κ3) is 5.89. The standard InChI is InChI=1S/C26H27ClN4O4/c1-4-11-31(14-24-28-23-13-19(27)7-10-21(23)26(33)29-24)25(32)12-18-5-8-20(9-6-18)34-15-22-16(2)30-35-17(22)3/h5-10,13H,4,11-12,14-15H2,1-3H3,(H,28,29,33). The van der Waals surface area contributed by atoms with Gasteiger partial charge in [0, 0.05) is 11.6 Å². The van der Waals surface area contributed by atoms with Crippen molar-refractivity contribution in [2.75, 3.05) is 6.54 Å². The molecule has 0 radical (unpaired) electrons. The molecule has 1 amide bonds. The fraction of sp³-hybridized carbons (Fsp3) is 0.308. The number of H-pyrrole nitrogens is 1. The van der Waals surface area contributed by atoms with Crippen molar-refractivity contribution in [1.29, 1.82) is 0 Å². The van der Waals surface area contributed by atoms with Gasteiger partial charge in [-0.1, -0.05) is 35.8 Å². The first-order valence-electron chi connectivity index (χ1n) is 11.4. The van der Waals surface area contributed by atoms with Crippen molar-refractivity contribution >= 4 is 28.4 Å². The molecule has 0 atom stereocenters. The Kier molecular flexibility index (Phi) is 7.51. The van der Waals surface area contributed by atoms with Gasteiger partial charge in [0.2, 0.25) is 5.91 Å². The zero-order chi connectivity index (χ0) is 24.9. The molecule has 9 heteroatoms. The highest BCUT2D eigenvalue weighted by atomic mass is 35.5. The number of aromatic amines is 1. The molecule has 0 spiro atoms. The number of nitrogens with one attached hydrogen (secondary N) is 1. The maximum Gasteiger partial charge on any atom is 0.258 e. The Balaban J connectivity index is 1.42. The Hall–Kier alpha value is -3.65. The molecule has 1 N–H and O–H groups in total. The number of rotatable bonds is 9. The zero-order valence-corrected chi connectivity index (χ0v) is 20.7. The minimum absolute atomic E-state index is 0.0509. The molecule has 2 heterocycles. The molecule has 0 unspecified atom stereocenters. The molecular weight excluding hydrogens is 468 g/mol. The van der Waals surface area contributed by atoms with Crippen LogP contribution in [0.15, 0.2) is 51.8 Å². The van der Waals surface area contributed by atoms with Crippen LogP contribution in [0.25, 0.3) is 10.9 Å². The van der Waals surface area contributed by atoms with E-state index in [9.17, 15) is 9.59 Å². The maximum absolute atomic E-state index is 13.1. The molecule has 0 fully saturated rings. The van der Waals surface area contributed by atoms with Crippen molar-refractivity contribution in [3.05, 3.63) is 86.2 Å². The van der Waals surface area contributed by atoms with Gasteiger partial charge in [0.1, 0.15) is 23.9 Å². The third-order valence-corrected chi connectivity index (χ3v) is 5.98. The second kappa shape index (κ2) is 10.7. The fourth-order valence-corrected chi connectivity index (χ4v) is 4.00. The average molecular weight is 495 g/mol. The number of hydrogen-bond acceptors (Lipinski definition) is 6. The third-order valence-electron chi connectivity index (χ3n) is 5.75. The highest BCUT2D eigenvalue weighted by molar-refractivity contribution is 6.31. The minimum atomic E-state index is -0.252. The number of carbonyl (C=O) groups excluding carboxylic acids is 1. The number of carbonyl (C=O) groups is 1. The molecule has 0 saturated carbocycles. The van der Waals surface area contributed by atoms with Gasteiger partial charge >= 0.3 is 0 Å². The Labute approximate surface area is 207 Å². The largest absolute Gasteiger partial charge is 0.489 e. The van der Waals surface area contributed by atoms with Crippen LogP contribution in [-0.4, -0.2) is 32.5 Å². The summed E-state index contributed by atoms with van der Waals surface area (Å²) in [5, 5.41) is 4.90. The fourth-order valence-electron chi connectivity index (χ4n) is 3.83. The smallest absolute Gasteiger partial charge is 0.258 e. The number of aromatic nitrogens is 3. The van der Waals surface area contributed by atoms with Gasteiger partial charge in [-0.05, 0) is 56.2 Å². The van der Waals surface area contributed by atoms with E-state index in [-0.39, 0.29) is 24.4 Å². The van der Waals surface area contributed by atoms with Crippen molar-refractivity contribution < 1.29 is 14.1 Å².